The van der Waals surface area contributed by atoms with E-state index >= 15 is 0 Å². The summed E-state index contributed by atoms with van der Waals surface area (Å²) in [4.78, 5) is 32.3. The summed E-state index contributed by atoms with van der Waals surface area (Å²) in [6, 6.07) is 1.66. The molecule has 0 aliphatic heterocycles. The lowest BCUT2D eigenvalue weighted by atomic mass is 10.0. The molecule has 0 aliphatic rings. The number of pyridine rings is 1. The number of halogens is 3. The van der Waals surface area contributed by atoms with Crippen LogP contribution in [-0.2, 0) is 11.8 Å². The molecule has 1 aromatic carbocycles. The highest BCUT2D eigenvalue weighted by molar-refractivity contribution is 6.33. The van der Waals surface area contributed by atoms with Crippen LogP contribution in [0.25, 0.3) is 22.3 Å². The number of carbonyl (C=O) groups excluding carboxylic acids is 1. The average molecular weight is 366 g/mol. The molecule has 9 heteroatoms. The Hall–Kier alpha value is -2.87. The average Bonchev–Trinajstić information content (AvgIpc) is 2.58. The van der Waals surface area contributed by atoms with E-state index < -0.39 is 39.3 Å². The molecule has 128 valence electrons. The van der Waals surface area contributed by atoms with Crippen LogP contribution in [0.1, 0.15) is 6.92 Å². The predicted molar refractivity (Wildman–Crippen MR) is 86.5 cm³/mol. The van der Waals surface area contributed by atoms with Crippen molar-refractivity contribution < 1.29 is 18.3 Å². The monoisotopic (exact) mass is 365 g/mol. The second-order valence-corrected chi connectivity index (χ2v) is 5.49. The number of benzene rings is 1. The zero-order valence-electron chi connectivity index (χ0n) is 13.0. The first-order valence-electron chi connectivity index (χ1n) is 6.99. The molecule has 0 saturated carbocycles. The lowest BCUT2D eigenvalue weighted by Gasteiger charge is -2.15. The van der Waals surface area contributed by atoms with Gasteiger partial charge in [-0.25, -0.2) is 18.7 Å². The van der Waals surface area contributed by atoms with Gasteiger partial charge in [-0.05, 0) is 12.1 Å². The van der Waals surface area contributed by atoms with Crippen molar-refractivity contribution >= 4 is 28.7 Å². The molecule has 0 atom stereocenters. The first-order chi connectivity index (χ1) is 11.8. The highest BCUT2D eigenvalue weighted by Gasteiger charge is 2.26. The SMILES string of the molecule is CC(=O)Oc1c(-c2c(F)ccc(F)c2Cl)c(=O)n(C)c2nccnc12. The van der Waals surface area contributed by atoms with Crippen LogP contribution in [-0.4, -0.2) is 20.5 Å². The lowest BCUT2D eigenvalue weighted by molar-refractivity contribution is -0.131. The molecule has 2 aromatic heterocycles. The second kappa shape index (κ2) is 6.21. The maximum atomic E-state index is 14.4. The van der Waals surface area contributed by atoms with Gasteiger partial charge in [0.05, 0.1) is 10.6 Å². The number of aryl methyl sites for hydroxylation is 1. The molecule has 0 bridgehead atoms. The maximum absolute atomic E-state index is 14.4. The van der Waals surface area contributed by atoms with Crippen LogP contribution in [0.4, 0.5) is 8.78 Å². The minimum atomic E-state index is -0.944. The first-order valence-corrected chi connectivity index (χ1v) is 7.36. The van der Waals surface area contributed by atoms with Gasteiger partial charge >= 0.3 is 5.97 Å². The molecule has 3 rings (SSSR count). The Morgan fingerprint density at radius 2 is 1.80 bits per heavy atom. The van der Waals surface area contributed by atoms with E-state index in [1.54, 1.807) is 0 Å². The summed E-state index contributed by atoms with van der Waals surface area (Å²) in [5.74, 6) is -2.97. The smallest absolute Gasteiger partial charge is 0.308 e. The fourth-order valence-corrected chi connectivity index (χ4v) is 2.68. The second-order valence-electron chi connectivity index (χ2n) is 5.11. The van der Waals surface area contributed by atoms with Gasteiger partial charge in [-0.1, -0.05) is 11.6 Å². The van der Waals surface area contributed by atoms with E-state index in [9.17, 15) is 18.4 Å². The summed E-state index contributed by atoms with van der Waals surface area (Å²) in [5.41, 5.74) is -1.54. The van der Waals surface area contributed by atoms with Gasteiger partial charge in [0, 0.05) is 31.9 Å². The number of hydrogen-bond acceptors (Lipinski definition) is 5. The summed E-state index contributed by atoms with van der Waals surface area (Å²) in [7, 11) is 1.38. The zero-order chi connectivity index (χ0) is 18.3. The number of fused-ring (bicyclic) bond motifs is 1. The molecule has 0 spiro atoms. The largest absolute Gasteiger partial charge is 0.423 e. The van der Waals surface area contributed by atoms with Gasteiger partial charge < -0.3 is 4.74 Å². The molecular weight excluding hydrogens is 356 g/mol. The van der Waals surface area contributed by atoms with E-state index in [-0.39, 0.29) is 16.9 Å². The van der Waals surface area contributed by atoms with E-state index in [0.717, 1.165) is 23.6 Å². The normalized spacial score (nSPS) is 10.9. The van der Waals surface area contributed by atoms with Crippen LogP contribution in [0, 0.1) is 11.6 Å². The van der Waals surface area contributed by atoms with Gasteiger partial charge in [-0.15, -0.1) is 0 Å². The molecule has 0 N–H and O–H groups in total. The van der Waals surface area contributed by atoms with E-state index in [4.69, 9.17) is 16.3 Å². The van der Waals surface area contributed by atoms with Crippen molar-refractivity contribution in [1.82, 2.24) is 14.5 Å². The van der Waals surface area contributed by atoms with Gasteiger partial charge in [0.25, 0.3) is 5.56 Å². The highest BCUT2D eigenvalue weighted by Crippen LogP contribution is 2.38. The van der Waals surface area contributed by atoms with E-state index in [0.29, 0.717) is 0 Å². The molecule has 0 fully saturated rings. The Balaban J connectivity index is 2.55. The van der Waals surface area contributed by atoms with Crippen molar-refractivity contribution in [3.05, 3.63) is 51.5 Å². The third-order valence-electron chi connectivity index (χ3n) is 3.50. The van der Waals surface area contributed by atoms with Crippen LogP contribution in [0.3, 0.4) is 0 Å². The van der Waals surface area contributed by atoms with Crippen LogP contribution in [0.5, 0.6) is 5.75 Å². The zero-order valence-corrected chi connectivity index (χ0v) is 13.8. The Morgan fingerprint density at radius 3 is 2.48 bits per heavy atom. The quantitative estimate of drug-likeness (QED) is 0.515. The van der Waals surface area contributed by atoms with Gasteiger partial charge in [0.15, 0.2) is 11.4 Å². The molecule has 0 aliphatic carbocycles. The lowest BCUT2D eigenvalue weighted by Crippen LogP contribution is -2.23. The molecule has 25 heavy (non-hydrogen) atoms. The number of rotatable bonds is 2. The number of ether oxygens (including phenoxy) is 1. The number of nitrogens with zero attached hydrogens (tertiary/aromatic N) is 3. The Labute approximate surface area is 144 Å². The van der Waals surface area contributed by atoms with Crippen molar-refractivity contribution in [2.45, 2.75) is 6.92 Å². The number of carbonyl (C=O) groups is 1. The van der Waals surface area contributed by atoms with Crippen LogP contribution in [0.2, 0.25) is 5.02 Å². The highest BCUT2D eigenvalue weighted by atomic mass is 35.5. The Bertz CT molecular complexity index is 1080. The van der Waals surface area contributed by atoms with Crippen molar-refractivity contribution in [1.29, 1.82) is 0 Å². The van der Waals surface area contributed by atoms with E-state index in [2.05, 4.69) is 9.97 Å². The molecule has 0 saturated heterocycles. The molecule has 0 amide bonds. The fraction of sp³-hybridized carbons (Fsp3) is 0.125. The van der Waals surface area contributed by atoms with Crippen molar-refractivity contribution in [2.75, 3.05) is 0 Å². The third-order valence-corrected chi connectivity index (χ3v) is 3.87. The van der Waals surface area contributed by atoms with Crippen molar-refractivity contribution in [2.24, 2.45) is 7.05 Å². The molecular formula is C16H10ClF2N3O3. The molecule has 3 aromatic rings. The third kappa shape index (κ3) is 2.74. The van der Waals surface area contributed by atoms with Crippen LogP contribution < -0.4 is 10.3 Å². The van der Waals surface area contributed by atoms with Crippen LogP contribution in [0.15, 0.2) is 29.3 Å². The maximum Gasteiger partial charge on any atom is 0.308 e. The van der Waals surface area contributed by atoms with Gasteiger partial charge in [-0.3, -0.25) is 14.2 Å². The topological polar surface area (TPSA) is 74.1 Å². The van der Waals surface area contributed by atoms with Crippen molar-refractivity contribution in [3.8, 4) is 16.9 Å². The number of aromatic nitrogens is 3. The number of hydrogen-bond donors (Lipinski definition) is 0. The summed E-state index contributed by atoms with van der Waals surface area (Å²) in [6.07, 6.45) is 2.65. The number of esters is 1. The molecule has 6 nitrogen and oxygen atoms in total. The van der Waals surface area contributed by atoms with Crippen LogP contribution >= 0.6 is 11.6 Å². The molecule has 2 heterocycles. The molecule has 0 radical (unpaired) electrons. The van der Waals surface area contributed by atoms with E-state index in [1.165, 1.54) is 19.4 Å². The Morgan fingerprint density at radius 1 is 1.16 bits per heavy atom. The first kappa shape index (κ1) is 17.0. The predicted octanol–water partition coefficient (Wildman–Crippen LogP) is 2.85. The fourth-order valence-electron chi connectivity index (χ4n) is 2.44. The Kier molecular flexibility index (Phi) is 4.22. The summed E-state index contributed by atoms with van der Waals surface area (Å²) < 4.78 is 34.4. The minimum Gasteiger partial charge on any atom is -0.423 e. The minimum absolute atomic E-state index is 0.0366. The summed E-state index contributed by atoms with van der Waals surface area (Å²) >= 11 is 5.88. The summed E-state index contributed by atoms with van der Waals surface area (Å²) in [5, 5.41) is -0.603. The standard InChI is InChI=1S/C16H10ClF2N3O3/c1-7(23)25-14-11(10-8(18)3-4-9(19)12(10)17)16(24)22(2)15-13(14)20-5-6-21-15/h3-6H,1-2H3. The van der Waals surface area contributed by atoms with Gasteiger partial charge in [-0.2, -0.15) is 0 Å². The van der Waals surface area contributed by atoms with Gasteiger partial charge in [0.1, 0.15) is 17.2 Å². The van der Waals surface area contributed by atoms with Gasteiger partial charge in [0.2, 0.25) is 0 Å². The van der Waals surface area contributed by atoms with E-state index in [1.807, 2.05) is 0 Å². The summed E-state index contributed by atoms with van der Waals surface area (Å²) in [6.45, 7) is 1.10. The van der Waals surface area contributed by atoms with Crippen molar-refractivity contribution in [3.63, 3.8) is 0 Å². The molecule has 0 unspecified atom stereocenters.